The maximum atomic E-state index is 13.7. The first kappa shape index (κ1) is 30.0. The molecule has 1 unspecified atom stereocenters. The maximum absolute atomic E-state index is 13.7. The van der Waals surface area contributed by atoms with Crippen molar-refractivity contribution in [2.75, 3.05) is 39.3 Å². The number of aromatic carboxylic acids is 1. The molecule has 0 aromatic heterocycles. The molecule has 0 saturated carbocycles. The fraction of sp³-hybridized carbons (Fsp3) is 0.538. The number of hydrogen-bond donors (Lipinski definition) is 4. The summed E-state index contributed by atoms with van der Waals surface area (Å²) in [4.78, 5) is 78.3. The number of likely N-dealkylation sites (tertiary alicyclic amines) is 1. The Kier molecular flexibility index (Phi) is 9.28. The Labute approximate surface area is 236 Å². The van der Waals surface area contributed by atoms with E-state index in [1.807, 2.05) is 0 Å². The molecule has 1 aromatic rings. The van der Waals surface area contributed by atoms with Crippen molar-refractivity contribution < 1.29 is 48.7 Å². The number of carbonyl (C=O) groups is 6. The van der Waals surface area contributed by atoms with Crippen molar-refractivity contribution in [3.8, 4) is 5.75 Å². The lowest BCUT2D eigenvalue weighted by atomic mass is 9.63. The van der Waals surface area contributed by atoms with Crippen LogP contribution in [0.2, 0.25) is 5.82 Å². The lowest BCUT2D eigenvalue weighted by Crippen LogP contribution is -2.61. The van der Waals surface area contributed by atoms with Gasteiger partial charge in [-0.25, -0.2) is 9.59 Å². The third-order valence-electron chi connectivity index (χ3n) is 7.94. The Bertz CT molecular complexity index is 1230. The average molecular weight is 572 g/mol. The number of likely N-dealkylation sites (N-methyl/N-ethyl adjacent to an activating group) is 1. The van der Waals surface area contributed by atoms with Crippen molar-refractivity contribution in [3.63, 3.8) is 0 Å². The van der Waals surface area contributed by atoms with Gasteiger partial charge in [0.2, 0.25) is 0 Å². The maximum Gasteiger partial charge on any atom is 0.526 e. The van der Waals surface area contributed by atoms with Crippen LogP contribution in [0.5, 0.6) is 5.75 Å². The quantitative estimate of drug-likeness (QED) is 0.224. The summed E-state index contributed by atoms with van der Waals surface area (Å²) in [5, 5.41) is 31.9. The zero-order valence-electron chi connectivity index (χ0n) is 22.7. The topological polar surface area (TPSA) is 194 Å². The number of ketones is 1. The molecule has 4 rings (SSSR count). The molecule has 4 N–H and O–H groups in total. The number of para-hydroxylation sites is 1. The molecule has 0 bridgehead atoms. The number of piperidine rings is 1. The number of urea groups is 1. The first-order chi connectivity index (χ1) is 19.5. The van der Waals surface area contributed by atoms with Crippen LogP contribution in [-0.4, -0.2) is 118 Å². The van der Waals surface area contributed by atoms with E-state index in [9.17, 15) is 38.9 Å². The Morgan fingerprint density at radius 3 is 2.41 bits per heavy atom. The number of piperazine rings is 1. The first-order valence-corrected chi connectivity index (χ1v) is 13.6. The molecule has 14 nitrogen and oxygen atoms in total. The second-order valence-electron chi connectivity index (χ2n) is 10.5. The van der Waals surface area contributed by atoms with Gasteiger partial charge in [-0.05, 0) is 56.8 Å². The number of hydrogen-bond acceptors (Lipinski definition) is 9. The molecule has 3 aliphatic heterocycles. The van der Waals surface area contributed by atoms with Gasteiger partial charge in [-0.1, -0.05) is 12.1 Å². The molecular weight excluding hydrogens is 539 g/mol. The van der Waals surface area contributed by atoms with Gasteiger partial charge in [-0.3, -0.25) is 29.0 Å². The van der Waals surface area contributed by atoms with Crippen molar-refractivity contribution >= 4 is 42.7 Å². The number of carboxylic acids is 2. The van der Waals surface area contributed by atoms with Crippen molar-refractivity contribution in [2.24, 2.45) is 5.92 Å². The molecular formula is C26H33BN4O10. The average Bonchev–Trinajstić information content (AvgIpc) is 2.93. The van der Waals surface area contributed by atoms with Crippen LogP contribution < -0.4 is 9.97 Å². The zero-order chi connectivity index (χ0) is 29.8. The monoisotopic (exact) mass is 572 g/mol. The highest BCUT2D eigenvalue weighted by Crippen LogP contribution is 2.37. The van der Waals surface area contributed by atoms with Gasteiger partial charge < -0.3 is 30.1 Å². The number of carbonyl (C=O) groups excluding carboxylic acids is 4. The molecule has 2 saturated heterocycles. The second kappa shape index (κ2) is 12.7. The minimum atomic E-state index is -1.47. The summed E-state index contributed by atoms with van der Waals surface area (Å²) in [6.45, 7) is 2.78. The molecule has 41 heavy (non-hydrogen) atoms. The van der Waals surface area contributed by atoms with Crippen LogP contribution in [-0.2, 0) is 25.6 Å². The van der Waals surface area contributed by atoms with Crippen LogP contribution in [0.25, 0.3) is 0 Å². The smallest absolute Gasteiger partial charge is 0.526 e. The number of fused-ring (bicyclic) bond motifs is 1. The van der Waals surface area contributed by atoms with E-state index in [0.717, 1.165) is 4.90 Å². The van der Waals surface area contributed by atoms with E-state index in [0.29, 0.717) is 38.0 Å². The van der Waals surface area contributed by atoms with Crippen LogP contribution in [0, 0.1) is 5.92 Å². The molecule has 3 aliphatic rings. The fourth-order valence-electron chi connectivity index (χ4n) is 5.69. The Morgan fingerprint density at radius 1 is 1.07 bits per heavy atom. The Balaban J connectivity index is 1.50. The van der Waals surface area contributed by atoms with E-state index < -0.39 is 54.5 Å². The third-order valence-corrected chi connectivity index (χ3v) is 7.94. The van der Waals surface area contributed by atoms with Crippen molar-refractivity contribution in [1.29, 1.82) is 0 Å². The number of nitrogens with one attached hydrogen (secondary N) is 1. The summed E-state index contributed by atoms with van der Waals surface area (Å²) in [5.74, 6) is -5.48. The summed E-state index contributed by atoms with van der Waals surface area (Å²) in [6.07, 6.45) is 0.742. The highest BCUT2D eigenvalue weighted by molar-refractivity contribution is 6.47. The van der Waals surface area contributed by atoms with E-state index in [2.05, 4.69) is 5.32 Å². The molecule has 220 valence electrons. The standard InChI is InChI=1S/C26H33BN4O10/c1-2-30-10-11-31(24(36)23(30)35)26(39)28-21(15-6-8-29(9-7-15)14-20(33)34)19(32)13-17-12-16-4-3-5-18(25(37)38)22(16)41-27(17)40/h3-5,15,17,21,40H,2,6-14H2,1H3,(H,28,39)(H,33,34)(H,37,38)/t17-,21?/m1/s1. The van der Waals surface area contributed by atoms with Gasteiger partial charge in [0.25, 0.3) is 0 Å². The highest BCUT2D eigenvalue weighted by atomic mass is 16.5. The van der Waals surface area contributed by atoms with Gasteiger partial charge in [-0.2, -0.15) is 0 Å². The van der Waals surface area contributed by atoms with Crippen LogP contribution in [0.15, 0.2) is 18.2 Å². The lowest BCUT2D eigenvalue weighted by molar-refractivity contribution is -0.153. The normalized spacial score (nSPS) is 20.7. The first-order valence-electron chi connectivity index (χ1n) is 13.6. The molecule has 4 amide bonds. The van der Waals surface area contributed by atoms with Gasteiger partial charge in [0, 0.05) is 31.9 Å². The van der Waals surface area contributed by atoms with E-state index >= 15 is 0 Å². The molecule has 15 heteroatoms. The molecule has 3 heterocycles. The molecule has 0 aliphatic carbocycles. The molecule has 2 fully saturated rings. The van der Waals surface area contributed by atoms with Crippen LogP contribution in [0.4, 0.5) is 4.79 Å². The predicted octanol–water partition coefficient (Wildman–Crippen LogP) is -0.305. The Hall–Kier alpha value is -3.98. The van der Waals surface area contributed by atoms with Gasteiger partial charge >= 0.3 is 36.9 Å². The molecule has 2 atom stereocenters. The summed E-state index contributed by atoms with van der Waals surface area (Å²) in [5.41, 5.74) is 0.417. The molecule has 0 spiro atoms. The molecule has 0 radical (unpaired) electrons. The third kappa shape index (κ3) is 6.68. The summed E-state index contributed by atoms with van der Waals surface area (Å²) in [6, 6.07) is 2.62. The molecule has 1 aromatic carbocycles. The number of benzene rings is 1. The van der Waals surface area contributed by atoms with Crippen LogP contribution in [0.1, 0.15) is 42.1 Å². The summed E-state index contributed by atoms with van der Waals surface area (Å²) in [7, 11) is -1.47. The van der Waals surface area contributed by atoms with Crippen LogP contribution in [0.3, 0.4) is 0 Å². The number of rotatable bonds is 9. The van der Waals surface area contributed by atoms with Crippen molar-refractivity contribution in [2.45, 2.75) is 44.5 Å². The summed E-state index contributed by atoms with van der Waals surface area (Å²) >= 11 is 0. The fourth-order valence-corrected chi connectivity index (χ4v) is 5.69. The predicted molar refractivity (Wildman–Crippen MR) is 142 cm³/mol. The number of imide groups is 1. The highest BCUT2D eigenvalue weighted by Gasteiger charge is 2.42. The largest absolute Gasteiger partial charge is 0.535 e. The Morgan fingerprint density at radius 2 is 1.78 bits per heavy atom. The van der Waals surface area contributed by atoms with Crippen molar-refractivity contribution in [1.82, 2.24) is 20.0 Å². The van der Waals surface area contributed by atoms with E-state index in [-0.39, 0.29) is 49.7 Å². The zero-order valence-corrected chi connectivity index (χ0v) is 22.7. The van der Waals surface area contributed by atoms with Gasteiger partial charge in [0.05, 0.1) is 18.2 Å². The number of nitrogens with zero attached hydrogens (tertiary/aromatic N) is 3. The minimum Gasteiger partial charge on any atom is -0.535 e. The van der Waals surface area contributed by atoms with Gasteiger partial charge in [-0.15, -0.1) is 0 Å². The number of amides is 4. The van der Waals surface area contributed by atoms with Gasteiger partial charge in [0.1, 0.15) is 5.75 Å². The van der Waals surface area contributed by atoms with Crippen molar-refractivity contribution in [3.05, 3.63) is 29.3 Å². The van der Waals surface area contributed by atoms with E-state index in [1.165, 1.54) is 11.0 Å². The second-order valence-corrected chi connectivity index (χ2v) is 10.5. The minimum absolute atomic E-state index is 0.0277. The summed E-state index contributed by atoms with van der Waals surface area (Å²) < 4.78 is 5.51. The van der Waals surface area contributed by atoms with E-state index in [1.54, 1.807) is 24.0 Å². The number of Topliss-reactive ketones (excluding diaryl/α,β-unsaturated/α-hetero) is 1. The number of carboxylic acid groups (broad SMARTS) is 2. The lowest BCUT2D eigenvalue weighted by Gasteiger charge is -2.37. The van der Waals surface area contributed by atoms with Gasteiger partial charge in [0.15, 0.2) is 5.78 Å². The number of aliphatic carboxylic acids is 1. The SMILES string of the molecule is CCN1CCN(C(=O)NC(C(=O)C[C@H]2Cc3cccc(C(=O)O)c3OB2O)C2CCN(CC(=O)O)CC2)C(=O)C1=O. The van der Waals surface area contributed by atoms with E-state index in [4.69, 9.17) is 9.76 Å². The van der Waals surface area contributed by atoms with Crippen LogP contribution >= 0.6 is 0 Å².